The van der Waals surface area contributed by atoms with E-state index in [1.54, 1.807) is 14.0 Å². The minimum Gasteiger partial charge on any atom is -0.394 e. The molecule has 0 radical (unpaired) electrons. The van der Waals surface area contributed by atoms with Gasteiger partial charge in [-0.2, -0.15) is 0 Å². The lowest BCUT2D eigenvalue weighted by molar-refractivity contribution is -0.388. The van der Waals surface area contributed by atoms with Gasteiger partial charge in [0.2, 0.25) is 0 Å². The van der Waals surface area contributed by atoms with Crippen molar-refractivity contribution in [2.75, 3.05) is 13.7 Å². The molecule has 14 atom stereocenters. The highest BCUT2D eigenvalue weighted by Crippen LogP contribution is 2.41. The minimum atomic E-state index is -1.09. The molecule has 0 spiro atoms. The number of nitrogens with two attached hydrogens (primary N) is 4. The summed E-state index contributed by atoms with van der Waals surface area (Å²) in [5, 5.41) is 34.3. The lowest BCUT2D eigenvalue weighted by Crippen LogP contribution is -2.73. The van der Waals surface area contributed by atoms with Crippen molar-refractivity contribution in [3.05, 3.63) is 0 Å². The van der Waals surface area contributed by atoms with E-state index >= 15 is 0 Å². The first-order chi connectivity index (χ1) is 16.6. The maximum absolute atomic E-state index is 11.3. The Kier molecular flexibility index (Phi) is 8.70. The van der Waals surface area contributed by atoms with Crippen LogP contribution in [-0.4, -0.2) is 114 Å². The van der Waals surface area contributed by atoms with Crippen molar-refractivity contribution in [2.45, 2.75) is 124 Å². The Labute approximate surface area is 205 Å². The Morgan fingerprint density at radius 3 is 2.34 bits per heavy atom. The zero-order valence-corrected chi connectivity index (χ0v) is 20.4. The molecular weight excluding hydrogens is 462 g/mol. The average molecular weight is 506 g/mol. The molecule has 4 aliphatic rings. The third-order valence-electron chi connectivity index (χ3n) is 7.81. The first kappa shape index (κ1) is 27.5. The van der Waals surface area contributed by atoms with Crippen molar-refractivity contribution in [3.63, 3.8) is 0 Å². The molecule has 3 heterocycles. The number of nitrogens with one attached hydrogen (secondary N) is 1. The summed E-state index contributed by atoms with van der Waals surface area (Å²) in [4.78, 5) is 0. The second-order valence-corrected chi connectivity index (χ2v) is 10.6. The quantitative estimate of drug-likeness (QED) is 0.176. The van der Waals surface area contributed by atoms with Gasteiger partial charge in [0.15, 0.2) is 18.9 Å². The van der Waals surface area contributed by atoms with E-state index < -0.39 is 67.0 Å². The van der Waals surface area contributed by atoms with Crippen LogP contribution in [0.5, 0.6) is 0 Å². The summed E-state index contributed by atoms with van der Waals surface area (Å²) < 4.78 is 30.3. The van der Waals surface area contributed by atoms with E-state index in [1.165, 1.54) is 0 Å². The first-order valence-corrected chi connectivity index (χ1v) is 12.5. The van der Waals surface area contributed by atoms with Crippen molar-refractivity contribution in [1.82, 2.24) is 5.32 Å². The molecular formula is C22H43N5O8. The summed E-state index contributed by atoms with van der Waals surface area (Å²) in [6.45, 7) is 1.49. The van der Waals surface area contributed by atoms with Gasteiger partial charge in [-0.05, 0) is 46.1 Å². The van der Waals surface area contributed by atoms with Gasteiger partial charge in [0, 0.05) is 18.1 Å². The monoisotopic (exact) mass is 505 g/mol. The number of hydrogen-bond acceptors (Lipinski definition) is 13. The zero-order chi connectivity index (χ0) is 25.5. The molecule has 0 amide bonds. The molecule has 8 unspecified atom stereocenters. The van der Waals surface area contributed by atoms with Crippen LogP contribution in [0.2, 0.25) is 0 Å². The predicted octanol–water partition coefficient (Wildman–Crippen LogP) is -3.47. The Balaban J connectivity index is 1.45. The van der Waals surface area contributed by atoms with E-state index in [4.69, 9.17) is 46.6 Å². The van der Waals surface area contributed by atoms with E-state index in [0.29, 0.717) is 19.3 Å². The molecule has 4 rings (SSSR count). The van der Waals surface area contributed by atoms with Gasteiger partial charge in [0.05, 0.1) is 36.5 Å². The highest BCUT2D eigenvalue weighted by Gasteiger charge is 2.58. The lowest BCUT2D eigenvalue weighted by atomic mass is 9.80. The molecule has 204 valence electrons. The Hall–Kier alpha value is -0.520. The van der Waals surface area contributed by atoms with Crippen molar-refractivity contribution >= 4 is 0 Å². The minimum absolute atomic E-state index is 0.0611. The summed E-state index contributed by atoms with van der Waals surface area (Å²) in [7, 11) is 1.66. The van der Waals surface area contributed by atoms with Gasteiger partial charge in [-0.15, -0.1) is 0 Å². The van der Waals surface area contributed by atoms with Crippen molar-refractivity contribution in [1.29, 1.82) is 0 Å². The number of fused-ring (bicyclic) bond motifs is 1. The molecule has 13 heteroatoms. The normalized spacial score (nSPS) is 53.2. The van der Waals surface area contributed by atoms with Crippen LogP contribution in [0.25, 0.3) is 0 Å². The molecule has 0 bridgehead atoms. The van der Waals surface area contributed by atoms with Gasteiger partial charge < -0.3 is 67.3 Å². The summed E-state index contributed by atoms with van der Waals surface area (Å²) in [5.74, 6) is 0. The summed E-state index contributed by atoms with van der Waals surface area (Å²) in [6, 6.07) is -1.92. The van der Waals surface area contributed by atoms with Crippen molar-refractivity contribution in [3.8, 4) is 0 Å². The Morgan fingerprint density at radius 1 is 0.943 bits per heavy atom. The highest BCUT2D eigenvalue weighted by molar-refractivity contribution is 5.06. The summed E-state index contributed by atoms with van der Waals surface area (Å²) >= 11 is 0. The highest BCUT2D eigenvalue weighted by atomic mass is 16.8. The van der Waals surface area contributed by atoms with E-state index in [-0.39, 0.29) is 31.2 Å². The van der Waals surface area contributed by atoms with Gasteiger partial charge >= 0.3 is 0 Å². The van der Waals surface area contributed by atoms with Gasteiger partial charge in [-0.1, -0.05) is 0 Å². The molecule has 0 aromatic heterocycles. The predicted molar refractivity (Wildman–Crippen MR) is 123 cm³/mol. The second-order valence-electron chi connectivity index (χ2n) is 10.6. The van der Waals surface area contributed by atoms with Crippen LogP contribution in [-0.2, 0) is 23.7 Å². The summed E-state index contributed by atoms with van der Waals surface area (Å²) in [5.41, 5.74) is 23.6. The number of aliphatic hydroxyl groups is 3. The largest absolute Gasteiger partial charge is 0.394 e. The fourth-order valence-corrected chi connectivity index (χ4v) is 5.76. The fourth-order valence-electron chi connectivity index (χ4n) is 5.76. The molecule has 12 N–H and O–H groups in total. The molecule has 1 saturated carbocycles. The SMILES string of the molecule is CNC1C(O[C@H]2OC(CO)[C@@H](N)CC2O)O[C@]2(C)CC(N)[C@@H](O[C@H]3CC[C@H](N)CC3N)OC2C1O. The average Bonchev–Trinajstić information content (AvgIpc) is 2.78. The van der Waals surface area contributed by atoms with Gasteiger partial charge in [0.1, 0.15) is 18.3 Å². The number of likely N-dealkylation sites (N-methyl/N-ethyl adjacent to an activating group) is 1. The molecule has 35 heavy (non-hydrogen) atoms. The van der Waals surface area contributed by atoms with Crippen LogP contribution < -0.4 is 28.3 Å². The molecule has 0 aromatic carbocycles. The standard InChI is InChI=1S/C22H43N5O8/c1-22-7-12(26)19(31-14-4-3-9(23)5-10(14)24)33-18(22)17(30)16(27-2)21(35-22)34-20-13(29)6-11(25)15(8-28)32-20/h9-21,27-30H,3-8,23-26H2,1-2H3/t9-,10?,11-,12?,13?,14-,15?,16?,17?,18?,19-,20+,21?,22+/m0/s1. The third kappa shape index (κ3) is 5.67. The van der Waals surface area contributed by atoms with Crippen molar-refractivity contribution < 1.29 is 39.0 Å². The molecule has 3 saturated heterocycles. The maximum atomic E-state index is 11.3. The van der Waals surface area contributed by atoms with E-state index in [0.717, 1.165) is 6.42 Å². The second kappa shape index (κ2) is 11.1. The van der Waals surface area contributed by atoms with E-state index in [9.17, 15) is 15.3 Å². The molecule has 4 fully saturated rings. The van der Waals surface area contributed by atoms with Crippen LogP contribution in [0.1, 0.15) is 39.0 Å². The number of ether oxygens (including phenoxy) is 5. The fraction of sp³-hybridized carbons (Fsp3) is 1.00. The third-order valence-corrected chi connectivity index (χ3v) is 7.81. The van der Waals surface area contributed by atoms with Gasteiger partial charge in [-0.25, -0.2) is 0 Å². The van der Waals surface area contributed by atoms with Crippen molar-refractivity contribution in [2.24, 2.45) is 22.9 Å². The first-order valence-electron chi connectivity index (χ1n) is 12.5. The molecule has 0 aromatic rings. The van der Waals surface area contributed by atoms with Gasteiger partial charge in [-0.3, -0.25) is 0 Å². The molecule has 3 aliphatic heterocycles. The van der Waals surface area contributed by atoms with E-state index in [1.807, 2.05) is 0 Å². The van der Waals surface area contributed by atoms with Crippen LogP contribution in [0.15, 0.2) is 0 Å². The molecule has 1 aliphatic carbocycles. The number of aliphatic hydroxyl groups excluding tert-OH is 3. The van der Waals surface area contributed by atoms with Crippen LogP contribution in [0.4, 0.5) is 0 Å². The maximum Gasteiger partial charge on any atom is 0.187 e. The number of rotatable bonds is 6. The smallest absolute Gasteiger partial charge is 0.187 e. The van der Waals surface area contributed by atoms with Crippen LogP contribution in [0, 0.1) is 0 Å². The van der Waals surface area contributed by atoms with E-state index in [2.05, 4.69) is 5.32 Å². The lowest BCUT2D eigenvalue weighted by Gasteiger charge is -2.55. The van der Waals surface area contributed by atoms with Gasteiger partial charge in [0.25, 0.3) is 0 Å². The molecule has 13 nitrogen and oxygen atoms in total. The Morgan fingerprint density at radius 2 is 1.69 bits per heavy atom. The number of hydrogen-bond donors (Lipinski definition) is 8. The Bertz CT molecular complexity index is 711. The topological polar surface area (TPSA) is 223 Å². The zero-order valence-electron chi connectivity index (χ0n) is 20.4. The van der Waals surface area contributed by atoms with Crippen LogP contribution >= 0.6 is 0 Å². The van der Waals surface area contributed by atoms with Crippen LogP contribution in [0.3, 0.4) is 0 Å². The summed E-state index contributed by atoms with van der Waals surface area (Å²) in [6.07, 6.45) is -3.88.